The van der Waals surface area contributed by atoms with Crippen molar-refractivity contribution in [3.05, 3.63) is 30.1 Å². The predicted molar refractivity (Wildman–Crippen MR) is 50.8 cm³/mol. The first kappa shape index (κ1) is 14.3. The van der Waals surface area contributed by atoms with Gasteiger partial charge in [0.25, 0.3) is 0 Å². The number of hydrogen-bond acceptors (Lipinski definition) is 5. The molecule has 8 heteroatoms. The second-order valence-corrected chi connectivity index (χ2v) is 3.37. The number of nitrogens with zero attached hydrogens (tertiary/aromatic N) is 2. The Kier molecular flexibility index (Phi) is 6.02. The Morgan fingerprint density at radius 3 is 2.69 bits per heavy atom. The minimum atomic E-state index is -4.92. The highest BCUT2D eigenvalue weighted by Gasteiger charge is 1.99. The third-order valence-corrected chi connectivity index (χ3v) is 1.33. The fourth-order valence-corrected chi connectivity index (χ4v) is 0.810. The van der Waals surface area contributed by atoms with E-state index in [0.29, 0.717) is 6.42 Å². The van der Waals surface area contributed by atoms with Crippen molar-refractivity contribution in [3.8, 4) is 6.07 Å². The Labute approximate surface area is 93.1 Å². The largest absolute Gasteiger partial charge is 0.726 e. The summed E-state index contributed by atoms with van der Waals surface area (Å²) in [6, 6.07) is 5.80. The van der Waals surface area contributed by atoms with Crippen LogP contribution in [0.1, 0.15) is 5.56 Å². The normalized spacial score (nSPS) is 9.62. The van der Waals surface area contributed by atoms with Gasteiger partial charge in [-0.3, -0.25) is 9.39 Å². The number of rotatable bonds is 2. The van der Waals surface area contributed by atoms with E-state index in [9.17, 15) is 0 Å². The number of nitriles is 1. The Morgan fingerprint density at radius 2 is 2.25 bits per heavy atom. The molecule has 1 N–H and O–H groups in total. The van der Waals surface area contributed by atoms with Gasteiger partial charge in [-0.15, -0.1) is 0 Å². The van der Waals surface area contributed by atoms with Crippen LogP contribution in [-0.4, -0.2) is 24.6 Å². The first-order chi connectivity index (χ1) is 7.36. The van der Waals surface area contributed by atoms with E-state index < -0.39 is 10.4 Å². The van der Waals surface area contributed by atoms with Crippen molar-refractivity contribution in [3.63, 3.8) is 0 Å². The molecule has 1 aromatic rings. The molecule has 0 spiro atoms. The maximum absolute atomic E-state index is 8.63. The molecule has 16 heavy (non-hydrogen) atoms. The van der Waals surface area contributed by atoms with Crippen molar-refractivity contribution in [1.29, 1.82) is 5.26 Å². The SMILES string of the molecule is CO[n+]1cccc(CC#N)c1.O=S(=O)([O-])O. The summed E-state index contributed by atoms with van der Waals surface area (Å²) in [6.45, 7) is 0. The molecule has 88 valence electrons. The molecule has 0 radical (unpaired) electrons. The van der Waals surface area contributed by atoms with Crippen LogP contribution in [-0.2, 0) is 16.8 Å². The molecule has 1 aromatic heterocycles. The molecule has 0 aromatic carbocycles. The quantitative estimate of drug-likeness (QED) is 0.411. The lowest BCUT2D eigenvalue weighted by molar-refractivity contribution is -0.885. The second-order valence-electron chi connectivity index (χ2n) is 2.52. The van der Waals surface area contributed by atoms with Gasteiger partial charge in [0.2, 0.25) is 22.8 Å². The second kappa shape index (κ2) is 6.73. The lowest BCUT2D eigenvalue weighted by atomic mass is 10.2. The lowest BCUT2D eigenvalue weighted by Crippen LogP contribution is -2.39. The molecule has 0 aliphatic heterocycles. The van der Waals surface area contributed by atoms with E-state index in [1.54, 1.807) is 24.2 Å². The molecule has 0 fully saturated rings. The molecule has 0 aliphatic rings. The zero-order chi connectivity index (χ0) is 12.6. The van der Waals surface area contributed by atoms with Crippen LogP contribution in [0.5, 0.6) is 0 Å². The summed E-state index contributed by atoms with van der Waals surface area (Å²) >= 11 is 0. The van der Waals surface area contributed by atoms with Gasteiger partial charge in [0, 0.05) is 16.4 Å². The van der Waals surface area contributed by atoms with E-state index in [0.717, 1.165) is 5.56 Å². The van der Waals surface area contributed by atoms with Crippen molar-refractivity contribution in [2.75, 3.05) is 7.11 Å². The van der Waals surface area contributed by atoms with Crippen molar-refractivity contribution >= 4 is 10.4 Å². The summed E-state index contributed by atoms with van der Waals surface area (Å²) in [6.07, 6.45) is 3.98. The summed E-state index contributed by atoms with van der Waals surface area (Å²) in [4.78, 5) is 4.91. The minimum absolute atomic E-state index is 0.421. The zero-order valence-electron chi connectivity index (χ0n) is 8.40. The molecule has 1 heterocycles. The Morgan fingerprint density at radius 1 is 1.69 bits per heavy atom. The summed E-state index contributed by atoms with van der Waals surface area (Å²) in [5.41, 5.74) is 0.955. The average Bonchev–Trinajstić information content (AvgIpc) is 2.16. The van der Waals surface area contributed by atoms with Crippen molar-refractivity contribution in [1.82, 2.24) is 0 Å². The molecular formula is C8H10N2O5S. The van der Waals surface area contributed by atoms with Gasteiger partial charge in [-0.05, 0) is 6.07 Å². The highest BCUT2D eigenvalue weighted by molar-refractivity contribution is 7.79. The molecule has 0 amide bonds. The van der Waals surface area contributed by atoms with Crippen LogP contribution in [0.25, 0.3) is 0 Å². The Bertz CT molecular complexity index is 458. The molecule has 7 nitrogen and oxygen atoms in total. The monoisotopic (exact) mass is 246 g/mol. The fourth-order valence-electron chi connectivity index (χ4n) is 0.810. The topological polar surface area (TPSA) is 114 Å². The number of hydrogen-bond donors (Lipinski definition) is 1. The molecule has 0 bridgehead atoms. The fraction of sp³-hybridized carbons (Fsp3) is 0.250. The maximum Gasteiger partial charge on any atom is 0.226 e. The predicted octanol–water partition coefficient (Wildman–Crippen LogP) is -0.897. The van der Waals surface area contributed by atoms with E-state index in [2.05, 4.69) is 6.07 Å². The third-order valence-electron chi connectivity index (χ3n) is 1.33. The van der Waals surface area contributed by atoms with Gasteiger partial charge in [-0.1, -0.05) is 0 Å². The molecule has 0 saturated carbocycles. The van der Waals surface area contributed by atoms with Gasteiger partial charge in [-0.25, -0.2) is 8.42 Å². The van der Waals surface area contributed by atoms with Gasteiger partial charge >= 0.3 is 0 Å². The lowest BCUT2D eigenvalue weighted by Gasteiger charge is -1.91. The van der Waals surface area contributed by atoms with Gasteiger partial charge in [0.15, 0.2) is 0 Å². The van der Waals surface area contributed by atoms with E-state index in [4.69, 9.17) is 27.6 Å². The van der Waals surface area contributed by atoms with Crippen LogP contribution >= 0.6 is 0 Å². The number of pyridine rings is 1. The average molecular weight is 246 g/mol. The van der Waals surface area contributed by atoms with E-state index >= 15 is 0 Å². The van der Waals surface area contributed by atoms with Crippen LogP contribution in [0.4, 0.5) is 0 Å². The van der Waals surface area contributed by atoms with Crippen molar-refractivity contribution in [2.45, 2.75) is 6.42 Å². The van der Waals surface area contributed by atoms with Crippen LogP contribution < -0.4 is 9.57 Å². The smallest absolute Gasteiger partial charge is 0.226 e. The molecule has 0 unspecified atom stereocenters. The van der Waals surface area contributed by atoms with Gasteiger partial charge in [-0.2, -0.15) is 5.26 Å². The van der Waals surface area contributed by atoms with Gasteiger partial charge in [0.1, 0.15) is 7.11 Å². The maximum atomic E-state index is 8.63. The van der Waals surface area contributed by atoms with Crippen LogP contribution in [0.3, 0.4) is 0 Å². The van der Waals surface area contributed by atoms with Crippen LogP contribution in [0.15, 0.2) is 24.5 Å². The van der Waals surface area contributed by atoms with E-state index in [-0.39, 0.29) is 0 Å². The molecule has 0 aliphatic carbocycles. The first-order valence-corrected chi connectivity index (χ1v) is 5.33. The summed E-state index contributed by atoms with van der Waals surface area (Å²) < 4.78 is 34.4. The zero-order valence-corrected chi connectivity index (χ0v) is 9.22. The summed E-state index contributed by atoms with van der Waals surface area (Å²) in [5, 5.41) is 8.38. The number of aromatic nitrogens is 1. The first-order valence-electron chi connectivity index (χ1n) is 3.96. The van der Waals surface area contributed by atoms with Crippen LogP contribution in [0.2, 0.25) is 0 Å². The Balaban J connectivity index is 0.000000385. The van der Waals surface area contributed by atoms with Crippen LogP contribution in [0, 0.1) is 11.3 Å². The minimum Gasteiger partial charge on any atom is -0.726 e. The van der Waals surface area contributed by atoms with Gasteiger partial charge in [0.05, 0.1) is 12.5 Å². The Hall–Kier alpha value is -1.69. The van der Waals surface area contributed by atoms with E-state index in [1.807, 2.05) is 12.1 Å². The van der Waals surface area contributed by atoms with Crippen molar-refractivity contribution < 1.29 is 27.1 Å². The standard InChI is InChI=1S/C8H9N2O.H2O4S/c1-11-10-6-2-3-8(7-10)4-5-9;1-5(2,3)4/h2-3,6-7H,4H2,1H3;(H2,1,2,3,4)/q+1;/p-1. The highest BCUT2D eigenvalue weighted by Crippen LogP contribution is 1.92. The molecule has 0 saturated heterocycles. The molecule has 1 rings (SSSR count). The van der Waals surface area contributed by atoms with Crippen molar-refractivity contribution in [2.24, 2.45) is 0 Å². The summed E-state index contributed by atoms with van der Waals surface area (Å²) in [7, 11) is -3.34. The summed E-state index contributed by atoms with van der Waals surface area (Å²) in [5.74, 6) is 0. The molecular weight excluding hydrogens is 236 g/mol. The van der Waals surface area contributed by atoms with Gasteiger partial charge < -0.3 is 4.55 Å². The molecule has 0 atom stereocenters. The third kappa shape index (κ3) is 8.89. The highest BCUT2D eigenvalue weighted by atomic mass is 32.3. The van der Waals surface area contributed by atoms with E-state index in [1.165, 1.54) is 0 Å².